The molecule has 1 rings (SSSR count). The molecule has 5 nitrogen and oxygen atoms in total. The number of aryl methyl sites for hydroxylation is 1. The number of aromatic nitrogens is 2. The fraction of sp³-hybridized carbons (Fsp3) is 0.600. The van der Waals surface area contributed by atoms with Crippen LogP contribution in [0.1, 0.15) is 19.4 Å². The van der Waals surface area contributed by atoms with Gasteiger partial charge in [0.1, 0.15) is 5.25 Å². The third-order valence-electron chi connectivity index (χ3n) is 2.48. The normalized spacial score (nSPS) is 13.7. The van der Waals surface area contributed by atoms with Gasteiger partial charge in [0.25, 0.3) is 0 Å². The second-order valence-corrected chi connectivity index (χ2v) is 6.19. The lowest BCUT2D eigenvalue weighted by molar-refractivity contribution is -0.117. The van der Waals surface area contributed by atoms with Crippen LogP contribution in [-0.2, 0) is 27.6 Å². The van der Waals surface area contributed by atoms with Gasteiger partial charge >= 0.3 is 0 Å². The molecule has 0 spiro atoms. The van der Waals surface area contributed by atoms with Crippen LogP contribution in [0.2, 0.25) is 0 Å². The van der Waals surface area contributed by atoms with Gasteiger partial charge in [-0.1, -0.05) is 0 Å². The number of ketones is 1. The van der Waals surface area contributed by atoms with E-state index in [1.807, 2.05) is 6.92 Å². The van der Waals surface area contributed by atoms with Gasteiger partial charge < -0.3 is 0 Å². The molecule has 0 saturated carbocycles. The average Bonchev–Trinajstić information content (AvgIpc) is 2.63. The maximum atomic E-state index is 11.6. The van der Waals surface area contributed by atoms with Gasteiger partial charge in [-0.25, -0.2) is 8.42 Å². The van der Waals surface area contributed by atoms with Crippen LogP contribution in [0.5, 0.6) is 0 Å². The third-order valence-corrected chi connectivity index (χ3v) is 4.03. The average molecular weight is 244 g/mol. The molecule has 16 heavy (non-hydrogen) atoms. The molecule has 1 unspecified atom stereocenters. The minimum Gasteiger partial charge on any atom is -0.298 e. The molecular formula is C10H16N2O3S. The predicted molar refractivity (Wildman–Crippen MR) is 60.9 cm³/mol. The highest BCUT2D eigenvalue weighted by atomic mass is 32.2. The van der Waals surface area contributed by atoms with Crippen LogP contribution in [0.3, 0.4) is 0 Å². The van der Waals surface area contributed by atoms with E-state index >= 15 is 0 Å². The molecule has 1 atom stereocenters. The van der Waals surface area contributed by atoms with E-state index in [1.54, 1.807) is 17.1 Å². The minimum absolute atomic E-state index is 0.119. The molecule has 1 aromatic rings. The second-order valence-electron chi connectivity index (χ2n) is 3.82. The fourth-order valence-corrected chi connectivity index (χ4v) is 1.82. The van der Waals surface area contributed by atoms with E-state index in [4.69, 9.17) is 0 Å². The van der Waals surface area contributed by atoms with Gasteiger partial charge in [0.15, 0.2) is 15.6 Å². The molecule has 0 aliphatic heterocycles. The predicted octanol–water partition coefficient (Wildman–Crippen LogP) is 0.448. The van der Waals surface area contributed by atoms with Gasteiger partial charge in [-0.2, -0.15) is 5.10 Å². The lowest BCUT2D eigenvalue weighted by Gasteiger charge is -2.06. The van der Waals surface area contributed by atoms with Gasteiger partial charge in [-0.3, -0.25) is 9.48 Å². The molecular weight excluding hydrogens is 228 g/mol. The standard InChI is InChI=1S/C10H16N2O3S/c1-4-12-7-9(6-11-12)5-10(13)8(2)16(3,14)15/h6-8H,4-5H2,1-3H3. The molecule has 0 fully saturated rings. The summed E-state index contributed by atoms with van der Waals surface area (Å²) in [4.78, 5) is 11.6. The van der Waals surface area contributed by atoms with Crippen molar-refractivity contribution in [3.63, 3.8) is 0 Å². The van der Waals surface area contributed by atoms with Crippen molar-refractivity contribution in [1.29, 1.82) is 0 Å². The van der Waals surface area contributed by atoms with Crippen LogP contribution in [0.25, 0.3) is 0 Å². The molecule has 0 bridgehead atoms. The Morgan fingerprint density at radius 2 is 2.19 bits per heavy atom. The Kier molecular flexibility index (Phi) is 3.85. The Morgan fingerprint density at radius 3 is 2.62 bits per heavy atom. The topological polar surface area (TPSA) is 69.0 Å². The summed E-state index contributed by atoms with van der Waals surface area (Å²) in [6, 6.07) is 0. The van der Waals surface area contributed by atoms with Crippen molar-refractivity contribution >= 4 is 15.6 Å². The van der Waals surface area contributed by atoms with Crippen LogP contribution in [0, 0.1) is 0 Å². The van der Waals surface area contributed by atoms with Crippen molar-refractivity contribution in [3.8, 4) is 0 Å². The molecule has 6 heteroatoms. The van der Waals surface area contributed by atoms with Crippen LogP contribution < -0.4 is 0 Å². The number of rotatable bonds is 5. The number of carbonyl (C=O) groups excluding carboxylic acids is 1. The van der Waals surface area contributed by atoms with Crippen molar-refractivity contribution in [3.05, 3.63) is 18.0 Å². The first kappa shape index (κ1) is 12.9. The lowest BCUT2D eigenvalue weighted by atomic mass is 10.1. The molecule has 0 radical (unpaired) electrons. The first-order chi connectivity index (χ1) is 7.34. The number of hydrogen-bond acceptors (Lipinski definition) is 4. The molecule has 1 heterocycles. The van der Waals surface area contributed by atoms with Crippen LogP contribution in [0.4, 0.5) is 0 Å². The summed E-state index contributed by atoms with van der Waals surface area (Å²) in [5, 5.41) is 3.08. The number of sulfone groups is 1. The highest BCUT2D eigenvalue weighted by molar-refractivity contribution is 7.92. The van der Waals surface area contributed by atoms with Gasteiger partial charge in [0.2, 0.25) is 0 Å². The first-order valence-electron chi connectivity index (χ1n) is 5.07. The number of carbonyl (C=O) groups is 1. The minimum atomic E-state index is -3.30. The van der Waals surface area contributed by atoms with Crippen LogP contribution in [0.15, 0.2) is 12.4 Å². The van der Waals surface area contributed by atoms with Gasteiger partial charge in [-0.05, 0) is 19.4 Å². The SMILES string of the molecule is CCn1cc(CC(=O)C(C)S(C)(=O)=O)cn1. The Morgan fingerprint density at radius 1 is 1.56 bits per heavy atom. The summed E-state index contributed by atoms with van der Waals surface area (Å²) in [5.41, 5.74) is 0.752. The second kappa shape index (κ2) is 4.78. The van der Waals surface area contributed by atoms with E-state index in [0.29, 0.717) is 0 Å². The van der Waals surface area contributed by atoms with E-state index in [0.717, 1.165) is 18.4 Å². The number of hydrogen-bond donors (Lipinski definition) is 0. The van der Waals surface area contributed by atoms with Crippen molar-refractivity contribution in [2.75, 3.05) is 6.26 Å². The summed E-state index contributed by atoms with van der Waals surface area (Å²) in [6.07, 6.45) is 4.54. The maximum Gasteiger partial charge on any atom is 0.157 e. The molecule has 0 amide bonds. The number of nitrogens with zero attached hydrogens (tertiary/aromatic N) is 2. The highest BCUT2D eigenvalue weighted by Crippen LogP contribution is 2.06. The monoisotopic (exact) mass is 244 g/mol. The van der Waals surface area contributed by atoms with Crippen LogP contribution >= 0.6 is 0 Å². The van der Waals surface area contributed by atoms with E-state index in [-0.39, 0.29) is 12.2 Å². The van der Waals surface area contributed by atoms with Crippen molar-refractivity contribution in [2.45, 2.75) is 32.1 Å². The molecule has 0 aromatic carbocycles. The Hall–Kier alpha value is -1.17. The fourth-order valence-electron chi connectivity index (χ4n) is 1.25. The molecule has 0 aliphatic rings. The lowest BCUT2D eigenvalue weighted by Crippen LogP contribution is -2.27. The third kappa shape index (κ3) is 3.16. The molecule has 1 aromatic heterocycles. The molecule has 0 aliphatic carbocycles. The summed E-state index contributed by atoms with van der Waals surface area (Å²) in [7, 11) is -3.30. The van der Waals surface area contributed by atoms with Crippen molar-refractivity contribution in [1.82, 2.24) is 9.78 Å². The van der Waals surface area contributed by atoms with Gasteiger partial charge in [0.05, 0.1) is 6.20 Å². The highest BCUT2D eigenvalue weighted by Gasteiger charge is 2.23. The Bertz CT molecular complexity index is 476. The number of Topliss-reactive ketones (excluding diaryl/α,β-unsaturated/α-hetero) is 1. The zero-order valence-corrected chi connectivity index (χ0v) is 10.5. The molecule has 0 saturated heterocycles. The summed E-state index contributed by atoms with van der Waals surface area (Å²) >= 11 is 0. The zero-order valence-electron chi connectivity index (χ0n) is 9.67. The summed E-state index contributed by atoms with van der Waals surface area (Å²) in [5.74, 6) is -0.293. The van der Waals surface area contributed by atoms with E-state index in [2.05, 4.69) is 5.10 Å². The quantitative estimate of drug-likeness (QED) is 0.754. The largest absolute Gasteiger partial charge is 0.298 e. The first-order valence-corrected chi connectivity index (χ1v) is 7.03. The van der Waals surface area contributed by atoms with Crippen molar-refractivity contribution < 1.29 is 13.2 Å². The van der Waals surface area contributed by atoms with Gasteiger partial charge in [0, 0.05) is 25.4 Å². The summed E-state index contributed by atoms with van der Waals surface area (Å²) < 4.78 is 24.1. The van der Waals surface area contributed by atoms with Gasteiger partial charge in [-0.15, -0.1) is 0 Å². The maximum absolute atomic E-state index is 11.6. The van der Waals surface area contributed by atoms with Crippen molar-refractivity contribution in [2.24, 2.45) is 0 Å². The zero-order chi connectivity index (χ0) is 12.3. The van der Waals surface area contributed by atoms with Crippen LogP contribution in [-0.4, -0.2) is 35.5 Å². The smallest absolute Gasteiger partial charge is 0.157 e. The molecule has 0 N–H and O–H groups in total. The Labute approximate surface area is 95.4 Å². The van der Waals surface area contributed by atoms with E-state index < -0.39 is 15.1 Å². The Balaban J connectivity index is 2.72. The summed E-state index contributed by atoms with van der Waals surface area (Å²) in [6.45, 7) is 4.09. The van der Waals surface area contributed by atoms with E-state index in [1.165, 1.54) is 6.92 Å². The van der Waals surface area contributed by atoms with E-state index in [9.17, 15) is 13.2 Å². The molecule has 90 valence electrons.